The summed E-state index contributed by atoms with van der Waals surface area (Å²) in [6.07, 6.45) is 1.33. The van der Waals surface area contributed by atoms with E-state index < -0.39 is 5.97 Å². The Hall–Kier alpha value is -4.66. The van der Waals surface area contributed by atoms with Crippen molar-refractivity contribution in [1.29, 1.82) is 0 Å². The fourth-order valence-electron chi connectivity index (χ4n) is 3.53. The number of anilines is 2. The highest BCUT2D eigenvalue weighted by atomic mass is 16.5. The van der Waals surface area contributed by atoms with Crippen molar-refractivity contribution >= 4 is 34.3 Å². The highest BCUT2D eigenvalue weighted by molar-refractivity contribution is 6.06. The van der Waals surface area contributed by atoms with Crippen LogP contribution in [0.25, 0.3) is 10.9 Å². The third-order valence-corrected chi connectivity index (χ3v) is 5.19. The van der Waals surface area contributed by atoms with Gasteiger partial charge in [0.2, 0.25) is 0 Å². The summed E-state index contributed by atoms with van der Waals surface area (Å²) in [4.78, 5) is 32.7. The van der Waals surface area contributed by atoms with E-state index >= 15 is 0 Å². The van der Waals surface area contributed by atoms with Crippen LogP contribution in [0.15, 0.2) is 67.0 Å². The molecule has 0 bridgehead atoms. The maximum absolute atomic E-state index is 12.8. The summed E-state index contributed by atoms with van der Waals surface area (Å²) in [5.41, 5.74) is 2.36. The van der Waals surface area contributed by atoms with Gasteiger partial charge in [-0.1, -0.05) is 18.2 Å². The van der Waals surface area contributed by atoms with E-state index in [4.69, 9.17) is 9.47 Å². The zero-order chi connectivity index (χ0) is 24.1. The zero-order valence-electron chi connectivity index (χ0n) is 18.5. The molecule has 0 aliphatic heterocycles. The van der Waals surface area contributed by atoms with Crippen LogP contribution in [0.5, 0.6) is 11.5 Å². The van der Waals surface area contributed by atoms with Crippen molar-refractivity contribution in [2.75, 3.05) is 24.9 Å². The Bertz CT molecular complexity index is 1370. The number of methoxy groups -OCH3 is 2. The molecule has 9 nitrogen and oxygen atoms in total. The first kappa shape index (κ1) is 22.5. The average Bonchev–Trinajstić information content (AvgIpc) is 2.86. The molecule has 4 rings (SSSR count). The summed E-state index contributed by atoms with van der Waals surface area (Å²) < 4.78 is 10.5. The molecule has 0 unspecified atom stereocenters. The van der Waals surface area contributed by atoms with E-state index in [0.717, 1.165) is 5.56 Å². The Morgan fingerprint density at radius 1 is 0.941 bits per heavy atom. The molecule has 0 spiro atoms. The molecule has 0 atom stereocenters. The predicted octanol–water partition coefficient (Wildman–Crippen LogP) is 4.21. The van der Waals surface area contributed by atoms with Gasteiger partial charge in [0.25, 0.3) is 5.91 Å². The number of aromatic carboxylic acids is 1. The van der Waals surface area contributed by atoms with Gasteiger partial charge in [0, 0.05) is 23.7 Å². The Morgan fingerprint density at radius 3 is 2.53 bits per heavy atom. The number of benzene rings is 3. The van der Waals surface area contributed by atoms with Crippen molar-refractivity contribution in [2.45, 2.75) is 6.54 Å². The van der Waals surface area contributed by atoms with Crippen LogP contribution in [0.3, 0.4) is 0 Å². The number of fused-ring (bicyclic) bond motifs is 1. The summed E-state index contributed by atoms with van der Waals surface area (Å²) in [5, 5.41) is 16.1. The van der Waals surface area contributed by atoms with E-state index in [2.05, 4.69) is 20.6 Å². The number of nitrogens with one attached hydrogen (secondary N) is 2. The molecule has 172 valence electrons. The van der Waals surface area contributed by atoms with Crippen molar-refractivity contribution < 1.29 is 24.2 Å². The lowest BCUT2D eigenvalue weighted by Crippen LogP contribution is -2.13. The van der Waals surface area contributed by atoms with Crippen LogP contribution in [0.2, 0.25) is 0 Å². The Labute approximate surface area is 195 Å². The lowest BCUT2D eigenvalue weighted by Gasteiger charge is -2.12. The number of hydrogen-bond donors (Lipinski definition) is 3. The van der Waals surface area contributed by atoms with Gasteiger partial charge in [-0.15, -0.1) is 0 Å². The maximum Gasteiger partial charge on any atom is 0.337 e. The van der Waals surface area contributed by atoms with Crippen LogP contribution in [0.4, 0.5) is 11.5 Å². The van der Waals surface area contributed by atoms with Crippen molar-refractivity contribution in [3.63, 3.8) is 0 Å². The van der Waals surface area contributed by atoms with E-state index in [1.54, 1.807) is 43.5 Å². The third kappa shape index (κ3) is 4.73. The molecule has 3 aromatic carbocycles. The summed E-state index contributed by atoms with van der Waals surface area (Å²) in [7, 11) is 3.04. The zero-order valence-corrected chi connectivity index (χ0v) is 18.5. The first-order valence-corrected chi connectivity index (χ1v) is 10.3. The van der Waals surface area contributed by atoms with E-state index in [0.29, 0.717) is 46.0 Å². The smallest absolute Gasteiger partial charge is 0.337 e. The second-order valence-corrected chi connectivity index (χ2v) is 7.30. The summed E-state index contributed by atoms with van der Waals surface area (Å²) in [6.45, 7) is 0.402. The second kappa shape index (κ2) is 9.86. The molecule has 3 N–H and O–H groups in total. The van der Waals surface area contributed by atoms with Gasteiger partial charge in [-0.25, -0.2) is 14.8 Å². The van der Waals surface area contributed by atoms with Crippen LogP contribution in [-0.4, -0.2) is 41.2 Å². The molecule has 9 heteroatoms. The molecular weight excluding hydrogens is 436 g/mol. The standard InChI is InChI=1S/C25H22N4O5/c1-33-17-9-10-18(21(12-17)34-2)24(30)29-16-6-3-5-15(11-16)13-26-23-19-7-4-8-20(25(31)32)22(19)27-14-28-23/h3-12,14H,13H2,1-2H3,(H,29,30)(H,31,32)(H,26,27,28). The first-order valence-electron chi connectivity index (χ1n) is 10.3. The molecule has 0 aliphatic carbocycles. The number of carbonyl (C=O) groups is 2. The number of hydrogen-bond acceptors (Lipinski definition) is 7. The number of nitrogens with zero attached hydrogens (tertiary/aromatic N) is 2. The molecule has 1 amide bonds. The van der Waals surface area contributed by atoms with E-state index in [9.17, 15) is 14.7 Å². The van der Waals surface area contributed by atoms with Crippen LogP contribution in [0, 0.1) is 0 Å². The molecule has 4 aromatic rings. The van der Waals surface area contributed by atoms with E-state index in [-0.39, 0.29) is 11.5 Å². The van der Waals surface area contributed by atoms with Crippen molar-refractivity contribution in [2.24, 2.45) is 0 Å². The Morgan fingerprint density at radius 2 is 1.76 bits per heavy atom. The Kier molecular flexibility index (Phi) is 6.54. The minimum atomic E-state index is -1.05. The molecule has 0 saturated heterocycles. The van der Waals surface area contributed by atoms with Gasteiger partial charge in [-0.05, 0) is 42.0 Å². The summed E-state index contributed by atoms with van der Waals surface area (Å²) >= 11 is 0. The highest BCUT2D eigenvalue weighted by Crippen LogP contribution is 2.26. The lowest BCUT2D eigenvalue weighted by atomic mass is 10.1. The molecule has 34 heavy (non-hydrogen) atoms. The molecule has 0 radical (unpaired) electrons. The number of carboxylic acids is 1. The minimum Gasteiger partial charge on any atom is -0.497 e. The average molecular weight is 458 g/mol. The molecule has 0 aliphatic rings. The first-order chi connectivity index (χ1) is 16.5. The number of para-hydroxylation sites is 1. The number of ether oxygens (including phenoxy) is 2. The monoisotopic (exact) mass is 458 g/mol. The maximum atomic E-state index is 12.8. The fourth-order valence-corrected chi connectivity index (χ4v) is 3.53. The van der Waals surface area contributed by atoms with Crippen LogP contribution < -0.4 is 20.1 Å². The Balaban J connectivity index is 1.50. The van der Waals surface area contributed by atoms with Gasteiger partial charge >= 0.3 is 5.97 Å². The van der Waals surface area contributed by atoms with Gasteiger partial charge in [-0.2, -0.15) is 0 Å². The number of rotatable bonds is 8. The molecule has 1 aromatic heterocycles. The van der Waals surface area contributed by atoms with Crippen molar-refractivity contribution in [3.8, 4) is 11.5 Å². The van der Waals surface area contributed by atoms with Crippen molar-refractivity contribution in [3.05, 3.63) is 83.7 Å². The van der Waals surface area contributed by atoms with Crippen LogP contribution in [-0.2, 0) is 6.54 Å². The minimum absolute atomic E-state index is 0.113. The van der Waals surface area contributed by atoms with Gasteiger partial charge in [0.05, 0.1) is 30.9 Å². The number of aromatic nitrogens is 2. The largest absolute Gasteiger partial charge is 0.497 e. The van der Waals surface area contributed by atoms with Crippen molar-refractivity contribution in [1.82, 2.24) is 9.97 Å². The second-order valence-electron chi connectivity index (χ2n) is 7.30. The van der Waals surface area contributed by atoms with Gasteiger partial charge in [-0.3, -0.25) is 4.79 Å². The van der Waals surface area contributed by atoms with Gasteiger partial charge < -0.3 is 25.2 Å². The molecule has 0 saturated carbocycles. The topological polar surface area (TPSA) is 123 Å². The van der Waals surface area contributed by atoms with E-state index in [1.807, 2.05) is 18.2 Å². The van der Waals surface area contributed by atoms with E-state index in [1.165, 1.54) is 19.5 Å². The summed E-state index contributed by atoms with van der Waals surface area (Å²) in [6, 6.07) is 17.3. The number of carboxylic acid groups (broad SMARTS) is 1. The normalized spacial score (nSPS) is 10.5. The molecule has 0 fully saturated rings. The predicted molar refractivity (Wildman–Crippen MR) is 128 cm³/mol. The lowest BCUT2D eigenvalue weighted by molar-refractivity contribution is 0.0698. The number of amides is 1. The fraction of sp³-hybridized carbons (Fsp3) is 0.120. The summed E-state index contributed by atoms with van der Waals surface area (Å²) in [5.74, 6) is 0.158. The quantitative estimate of drug-likeness (QED) is 0.359. The van der Waals surface area contributed by atoms with Crippen LogP contribution >= 0.6 is 0 Å². The SMILES string of the molecule is COc1ccc(C(=O)Nc2cccc(CNc3ncnc4c(C(=O)O)cccc34)c2)c(OC)c1. The molecule has 1 heterocycles. The van der Waals surface area contributed by atoms with Gasteiger partial charge in [0.1, 0.15) is 23.6 Å². The number of carbonyl (C=O) groups excluding carboxylic acids is 1. The highest BCUT2D eigenvalue weighted by Gasteiger charge is 2.15. The third-order valence-electron chi connectivity index (χ3n) is 5.19. The van der Waals surface area contributed by atoms with Gasteiger partial charge in [0.15, 0.2) is 0 Å². The molecular formula is C25H22N4O5. The van der Waals surface area contributed by atoms with Crippen LogP contribution in [0.1, 0.15) is 26.3 Å².